The first-order valence-electron chi connectivity index (χ1n) is 2.86. The molecule has 0 saturated carbocycles. The predicted octanol–water partition coefficient (Wildman–Crippen LogP) is 2.78. The smallest absolute Gasteiger partial charge is 0.139 e. The van der Waals surface area contributed by atoms with Crippen LogP contribution < -0.4 is 5.73 Å². The van der Waals surface area contributed by atoms with Crippen molar-refractivity contribution in [2.45, 2.75) is 6.92 Å². The summed E-state index contributed by atoms with van der Waals surface area (Å²) >= 11 is 5.61. The summed E-state index contributed by atoms with van der Waals surface area (Å²) in [6.45, 7) is 1.76. The van der Waals surface area contributed by atoms with E-state index < -0.39 is 0 Å². The summed E-state index contributed by atoms with van der Waals surface area (Å²) in [5.74, 6) is 0.0710. The van der Waals surface area contributed by atoms with E-state index in [9.17, 15) is 5.11 Å². The third-order valence-electron chi connectivity index (χ3n) is 1.35. The van der Waals surface area contributed by atoms with Gasteiger partial charge in [-0.05, 0) is 18.6 Å². The van der Waals surface area contributed by atoms with Gasteiger partial charge < -0.3 is 10.8 Å². The Bertz CT molecular complexity index is 238. The molecular weight excluding hydrogens is 220 g/mol. The molecule has 0 aliphatic heterocycles. The summed E-state index contributed by atoms with van der Waals surface area (Å²) in [5.41, 5.74) is 6.54. The third kappa shape index (κ3) is 2.63. The van der Waals surface area contributed by atoms with Crippen LogP contribution in [0.2, 0.25) is 5.02 Å². The first-order valence-corrected chi connectivity index (χ1v) is 3.24. The Morgan fingerprint density at radius 1 is 1.33 bits per heavy atom. The van der Waals surface area contributed by atoms with Gasteiger partial charge in [0.2, 0.25) is 0 Å². The van der Waals surface area contributed by atoms with E-state index in [0.29, 0.717) is 5.69 Å². The number of halogens is 3. The number of phenols is 1. The van der Waals surface area contributed by atoms with Gasteiger partial charge in [0.05, 0.1) is 5.69 Å². The number of nitrogens with two attached hydrogens (primary N) is 1. The first kappa shape index (κ1) is 14.2. The molecule has 0 aliphatic carbocycles. The lowest BCUT2D eigenvalue weighted by Crippen LogP contribution is -1.86. The molecule has 0 radical (unpaired) electrons. The van der Waals surface area contributed by atoms with Crippen molar-refractivity contribution in [3.63, 3.8) is 0 Å². The average molecular weight is 231 g/mol. The van der Waals surface area contributed by atoms with Gasteiger partial charge in [-0.15, -0.1) is 24.8 Å². The monoisotopic (exact) mass is 229 g/mol. The first-order chi connectivity index (χ1) is 4.63. The number of anilines is 1. The minimum atomic E-state index is 0. The second kappa shape index (κ2) is 5.36. The zero-order valence-corrected chi connectivity index (χ0v) is 8.76. The van der Waals surface area contributed by atoms with E-state index in [1.165, 1.54) is 0 Å². The maximum Gasteiger partial charge on any atom is 0.139 e. The molecule has 0 spiro atoms. The molecule has 2 nitrogen and oxygen atoms in total. The number of aryl methyl sites for hydroxylation is 1. The summed E-state index contributed by atoms with van der Waals surface area (Å²) in [6, 6.07) is 3.38. The Morgan fingerprint density at radius 2 is 1.83 bits per heavy atom. The highest BCUT2D eigenvalue weighted by molar-refractivity contribution is 6.34. The van der Waals surface area contributed by atoms with Gasteiger partial charge in [-0.25, -0.2) is 0 Å². The van der Waals surface area contributed by atoms with E-state index in [-0.39, 0.29) is 35.6 Å². The highest BCUT2D eigenvalue weighted by atomic mass is 35.5. The topological polar surface area (TPSA) is 46.2 Å². The molecule has 1 aromatic carbocycles. The van der Waals surface area contributed by atoms with Crippen molar-refractivity contribution in [1.82, 2.24) is 0 Å². The van der Waals surface area contributed by atoms with Gasteiger partial charge in [0.25, 0.3) is 0 Å². The zero-order chi connectivity index (χ0) is 7.72. The molecule has 0 unspecified atom stereocenters. The van der Waals surface area contributed by atoms with Crippen LogP contribution in [0.25, 0.3) is 0 Å². The van der Waals surface area contributed by atoms with Gasteiger partial charge in [0, 0.05) is 0 Å². The summed E-state index contributed by atoms with van der Waals surface area (Å²) in [7, 11) is 0. The molecule has 0 heterocycles. The number of nitrogen functional groups attached to an aromatic ring is 1. The molecule has 0 aromatic heterocycles. The van der Waals surface area contributed by atoms with Crippen molar-refractivity contribution >= 4 is 42.1 Å². The molecule has 12 heavy (non-hydrogen) atoms. The van der Waals surface area contributed by atoms with Crippen LogP contribution in [-0.2, 0) is 0 Å². The Balaban J connectivity index is 0. The van der Waals surface area contributed by atoms with E-state index in [2.05, 4.69) is 0 Å². The van der Waals surface area contributed by atoms with Crippen LogP contribution in [0.5, 0.6) is 5.75 Å². The summed E-state index contributed by atoms with van der Waals surface area (Å²) in [4.78, 5) is 0. The van der Waals surface area contributed by atoms with Crippen molar-refractivity contribution in [3.05, 3.63) is 22.7 Å². The summed E-state index contributed by atoms with van der Waals surface area (Å²) in [5, 5.41) is 9.41. The number of phenolic OH excluding ortho intramolecular Hbond substituents is 1. The molecule has 0 saturated heterocycles. The van der Waals surface area contributed by atoms with Crippen molar-refractivity contribution in [1.29, 1.82) is 0 Å². The summed E-state index contributed by atoms with van der Waals surface area (Å²) in [6.07, 6.45) is 0. The van der Waals surface area contributed by atoms with Crippen LogP contribution in [0.3, 0.4) is 0 Å². The summed E-state index contributed by atoms with van der Waals surface area (Å²) < 4.78 is 0. The molecule has 0 fully saturated rings. The van der Waals surface area contributed by atoms with Gasteiger partial charge in [0.1, 0.15) is 10.8 Å². The number of aromatic hydroxyl groups is 1. The molecule has 1 aromatic rings. The largest absolute Gasteiger partial charge is 0.506 e. The maximum absolute atomic E-state index is 9.18. The van der Waals surface area contributed by atoms with Crippen molar-refractivity contribution in [2.75, 3.05) is 5.73 Å². The predicted molar refractivity (Wildman–Crippen MR) is 56.8 cm³/mol. The van der Waals surface area contributed by atoms with Crippen molar-refractivity contribution in [3.8, 4) is 5.75 Å². The number of hydrogen-bond donors (Lipinski definition) is 2. The Hall–Kier alpha value is -0.310. The van der Waals surface area contributed by atoms with Crippen LogP contribution in [0, 0.1) is 6.92 Å². The number of hydrogen-bond acceptors (Lipinski definition) is 2. The molecule has 1 rings (SSSR count). The molecular formula is C7H10Cl3NO. The molecule has 70 valence electrons. The third-order valence-corrected chi connectivity index (χ3v) is 1.74. The molecule has 0 aliphatic rings. The standard InChI is InChI=1S/C7H8ClNO.2ClH/c1-4-2-3-5(9)6(8)7(4)10;;/h2-3,10H,9H2,1H3;2*1H. The van der Waals surface area contributed by atoms with Gasteiger partial charge in [-0.2, -0.15) is 0 Å². The zero-order valence-electron chi connectivity index (χ0n) is 6.37. The Labute approximate surface area is 88.5 Å². The normalized spacial score (nSPS) is 8.17. The van der Waals surface area contributed by atoms with E-state index in [1.807, 2.05) is 0 Å². The van der Waals surface area contributed by atoms with Crippen LogP contribution >= 0.6 is 36.4 Å². The van der Waals surface area contributed by atoms with E-state index >= 15 is 0 Å². The molecule has 0 atom stereocenters. The fourth-order valence-corrected chi connectivity index (χ4v) is 0.889. The molecule has 0 bridgehead atoms. The molecule has 0 amide bonds. The van der Waals surface area contributed by atoms with Gasteiger partial charge in [0.15, 0.2) is 0 Å². The van der Waals surface area contributed by atoms with Gasteiger partial charge in [-0.3, -0.25) is 0 Å². The van der Waals surface area contributed by atoms with Crippen LogP contribution in [-0.4, -0.2) is 5.11 Å². The van der Waals surface area contributed by atoms with Crippen LogP contribution in [0.15, 0.2) is 12.1 Å². The van der Waals surface area contributed by atoms with Gasteiger partial charge >= 0.3 is 0 Å². The lowest BCUT2D eigenvalue weighted by molar-refractivity contribution is 0.472. The van der Waals surface area contributed by atoms with Crippen molar-refractivity contribution in [2.24, 2.45) is 0 Å². The van der Waals surface area contributed by atoms with E-state index in [0.717, 1.165) is 5.56 Å². The Kier molecular flexibility index (Phi) is 6.35. The fourth-order valence-electron chi connectivity index (χ4n) is 0.677. The van der Waals surface area contributed by atoms with E-state index in [4.69, 9.17) is 17.3 Å². The highest BCUT2D eigenvalue weighted by Crippen LogP contribution is 2.31. The van der Waals surface area contributed by atoms with Crippen LogP contribution in [0.1, 0.15) is 5.56 Å². The number of benzene rings is 1. The van der Waals surface area contributed by atoms with Crippen molar-refractivity contribution < 1.29 is 5.11 Å². The Morgan fingerprint density at radius 3 is 2.25 bits per heavy atom. The maximum atomic E-state index is 9.18. The lowest BCUT2D eigenvalue weighted by Gasteiger charge is -2.02. The average Bonchev–Trinajstić information content (AvgIpc) is 1.93. The SMILES string of the molecule is Cc1ccc(N)c(Cl)c1O.Cl.Cl. The second-order valence-electron chi connectivity index (χ2n) is 2.13. The molecule has 5 heteroatoms. The van der Waals surface area contributed by atoms with Crippen LogP contribution in [0.4, 0.5) is 5.69 Å². The minimum Gasteiger partial charge on any atom is -0.506 e. The van der Waals surface area contributed by atoms with Gasteiger partial charge in [-0.1, -0.05) is 17.7 Å². The quantitative estimate of drug-likeness (QED) is 0.673. The number of rotatable bonds is 0. The molecule has 3 N–H and O–H groups in total. The minimum absolute atomic E-state index is 0. The fraction of sp³-hybridized carbons (Fsp3) is 0.143. The van der Waals surface area contributed by atoms with E-state index in [1.54, 1.807) is 19.1 Å². The second-order valence-corrected chi connectivity index (χ2v) is 2.51. The highest BCUT2D eigenvalue weighted by Gasteiger charge is 2.03. The lowest BCUT2D eigenvalue weighted by atomic mass is 10.2.